The molecule has 0 aliphatic heterocycles. The first-order valence-corrected chi connectivity index (χ1v) is 8.92. The molecule has 0 unspecified atom stereocenters. The molecule has 2 aromatic heterocycles. The average Bonchev–Trinajstić information content (AvgIpc) is 3.35. The Bertz CT molecular complexity index is 880. The maximum Gasteiger partial charge on any atom is 0.225 e. The van der Waals surface area contributed by atoms with Gasteiger partial charge in [-0.2, -0.15) is 4.98 Å². The fraction of sp³-hybridized carbons (Fsp3) is 0.421. The van der Waals surface area contributed by atoms with Crippen LogP contribution in [0.2, 0.25) is 0 Å². The minimum absolute atomic E-state index is 0.505. The molecule has 0 atom stereocenters. The van der Waals surface area contributed by atoms with E-state index in [0.717, 1.165) is 28.2 Å². The molecule has 1 fully saturated rings. The van der Waals surface area contributed by atoms with E-state index in [1.165, 1.54) is 25.7 Å². The quantitative estimate of drug-likeness (QED) is 0.730. The molecule has 0 amide bonds. The van der Waals surface area contributed by atoms with Crippen LogP contribution in [0.1, 0.15) is 37.3 Å². The Hall–Kier alpha value is -2.83. The Kier molecular flexibility index (Phi) is 4.60. The Balaban J connectivity index is 1.55. The molecule has 4 rings (SSSR count). The summed E-state index contributed by atoms with van der Waals surface area (Å²) in [6.45, 7) is 0.580. The summed E-state index contributed by atoms with van der Waals surface area (Å²) in [6.07, 6.45) is 8.62. The van der Waals surface area contributed by atoms with Gasteiger partial charge < -0.3 is 19.4 Å². The van der Waals surface area contributed by atoms with Gasteiger partial charge in [0.2, 0.25) is 5.95 Å². The average molecular weight is 353 g/mol. The predicted octanol–water partition coefficient (Wildman–Crippen LogP) is 3.57. The number of hydrogen-bond donors (Lipinski definition) is 1. The highest BCUT2D eigenvalue weighted by molar-refractivity contribution is 5.71. The van der Waals surface area contributed by atoms with E-state index in [0.29, 0.717) is 18.5 Å². The number of benzene rings is 1. The summed E-state index contributed by atoms with van der Waals surface area (Å²) in [4.78, 5) is 13.5. The van der Waals surface area contributed by atoms with Crippen molar-refractivity contribution in [1.82, 2.24) is 19.5 Å². The van der Waals surface area contributed by atoms with Crippen molar-refractivity contribution in [3.8, 4) is 11.5 Å². The second kappa shape index (κ2) is 7.19. The van der Waals surface area contributed by atoms with Crippen molar-refractivity contribution in [3.05, 3.63) is 36.3 Å². The number of aromatic nitrogens is 4. The van der Waals surface area contributed by atoms with Gasteiger partial charge in [-0.25, -0.2) is 9.97 Å². The van der Waals surface area contributed by atoms with E-state index in [2.05, 4.69) is 19.9 Å². The largest absolute Gasteiger partial charge is 0.497 e. The maximum atomic E-state index is 5.32. The van der Waals surface area contributed by atoms with Gasteiger partial charge in [-0.1, -0.05) is 12.8 Å². The molecule has 1 aliphatic carbocycles. The molecular weight excluding hydrogens is 330 g/mol. The van der Waals surface area contributed by atoms with E-state index < -0.39 is 0 Å². The molecular formula is C19H23N5O2. The van der Waals surface area contributed by atoms with Crippen LogP contribution in [0.3, 0.4) is 0 Å². The van der Waals surface area contributed by atoms with E-state index in [9.17, 15) is 0 Å². The smallest absolute Gasteiger partial charge is 0.225 e. The molecule has 136 valence electrons. The lowest BCUT2D eigenvalue weighted by atomic mass is 10.2. The normalized spacial score (nSPS) is 14.7. The highest BCUT2D eigenvalue weighted by Gasteiger charge is 2.19. The Labute approximate surface area is 152 Å². The van der Waals surface area contributed by atoms with Gasteiger partial charge in [0.1, 0.15) is 17.0 Å². The number of nitrogens with zero attached hydrogens (tertiary/aromatic N) is 4. The fourth-order valence-corrected chi connectivity index (χ4v) is 3.51. The number of fused-ring (bicyclic) bond motifs is 1. The molecule has 1 saturated carbocycles. The fourth-order valence-electron chi connectivity index (χ4n) is 3.51. The molecule has 0 radical (unpaired) electrons. The van der Waals surface area contributed by atoms with Gasteiger partial charge in [0.05, 0.1) is 26.7 Å². The van der Waals surface area contributed by atoms with Crippen molar-refractivity contribution in [2.24, 2.45) is 0 Å². The first-order chi connectivity index (χ1) is 12.8. The number of imidazole rings is 1. The topological polar surface area (TPSA) is 74.1 Å². The van der Waals surface area contributed by atoms with Crippen molar-refractivity contribution in [3.63, 3.8) is 0 Å². The van der Waals surface area contributed by atoms with Crippen LogP contribution in [0.15, 0.2) is 30.7 Å². The molecule has 0 saturated heterocycles. The lowest BCUT2D eigenvalue weighted by Crippen LogP contribution is -2.07. The Morgan fingerprint density at radius 1 is 1.08 bits per heavy atom. The van der Waals surface area contributed by atoms with Gasteiger partial charge in [-0.3, -0.25) is 0 Å². The van der Waals surface area contributed by atoms with Gasteiger partial charge in [-0.05, 0) is 30.5 Å². The molecule has 1 N–H and O–H groups in total. The molecule has 26 heavy (non-hydrogen) atoms. The summed E-state index contributed by atoms with van der Waals surface area (Å²) >= 11 is 0. The van der Waals surface area contributed by atoms with Gasteiger partial charge in [0.15, 0.2) is 5.65 Å². The standard InChI is InChI=1S/C19H23N5O2/c1-25-15-7-13(8-16(9-15)26-2)10-20-19-21-11-17-18(23-19)24(12-22-17)14-5-3-4-6-14/h7-9,11-12,14H,3-6,10H2,1-2H3,(H,20,21,23). The van der Waals surface area contributed by atoms with Crippen LogP contribution in [0, 0.1) is 0 Å². The van der Waals surface area contributed by atoms with Crippen molar-refractivity contribution in [2.45, 2.75) is 38.3 Å². The lowest BCUT2D eigenvalue weighted by Gasteiger charge is -2.12. The number of rotatable bonds is 6. The van der Waals surface area contributed by atoms with Gasteiger partial charge in [-0.15, -0.1) is 0 Å². The van der Waals surface area contributed by atoms with E-state index >= 15 is 0 Å². The van der Waals surface area contributed by atoms with E-state index in [1.54, 1.807) is 20.4 Å². The zero-order chi connectivity index (χ0) is 17.9. The van der Waals surface area contributed by atoms with Crippen molar-refractivity contribution in [1.29, 1.82) is 0 Å². The first-order valence-electron chi connectivity index (χ1n) is 8.92. The van der Waals surface area contributed by atoms with Crippen LogP contribution in [0.25, 0.3) is 11.2 Å². The third-order valence-electron chi connectivity index (χ3n) is 4.90. The number of nitrogens with one attached hydrogen (secondary N) is 1. The number of hydrogen-bond acceptors (Lipinski definition) is 6. The summed E-state index contributed by atoms with van der Waals surface area (Å²) < 4.78 is 12.8. The Morgan fingerprint density at radius 2 is 1.81 bits per heavy atom. The summed E-state index contributed by atoms with van der Waals surface area (Å²) in [5.41, 5.74) is 2.78. The SMILES string of the molecule is COc1cc(CNc2ncc3ncn(C4CCCC4)c3n2)cc(OC)c1. The maximum absolute atomic E-state index is 5.32. The zero-order valence-corrected chi connectivity index (χ0v) is 15.1. The van der Waals surface area contributed by atoms with E-state index in [4.69, 9.17) is 14.5 Å². The monoisotopic (exact) mass is 353 g/mol. The van der Waals surface area contributed by atoms with Gasteiger partial charge >= 0.3 is 0 Å². The highest BCUT2D eigenvalue weighted by Crippen LogP contribution is 2.31. The van der Waals surface area contributed by atoms with E-state index in [1.807, 2.05) is 24.5 Å². The lowest BCUT2D eigenvalue weighted by molar-refractivity contribution is 0.393. The molecule has 3 aromatic rings. The summed E-state index contributed by atoms with van der Waals surface area (Å²) in [6, 6.07) is 6.30. The van der Waals surface area contributed by atoms with Crippen LogP contribution in [-0.4, -0.2) is 33.7 Å². The second-order valence-corrected chi connectivity index (χ2v) is 6.57. The summed E-state index contributed by atoms with van der Waals surface area (Å²) in [5, 5.41) is 3.29. The minimum Gasteiger partial charge on any atom is -0.497 e. The van der Waals surface area contributed by atoms with Crippen molar-refractivity contribution in [2.75, 3.05) is 19.5 Å². The molecule has 0 bridgehead atoms. The minimum atomic E-state index is 0.505. The molecule has 1 aliphatic rings. The molecule has 2 heterocycles. The molecule has 0 spiro atoms. The molecule has 7 nitrogen and oxygen atoms in total. The summed E-state index contributed by atoms with van der Waals surface area (Å²) in [5.74, 6) is 2.12. The predicted molar refractivity (Wildman–Crippen MR) is 99.7 cm³/mol. The number of methoxy groups -OCH3 is 2. The number of anilines is 1. The van der Waals surface area contributed by atoms with Crippen molar-refractivity contribution < 1.29 is 9.47 Å². The van der Waals surface area contributed by atoms with Crippen LogP contribution >= 0.6 is 0 Å². The summed E-state index contributed by atoms with van der Waals surface area (Å²) in [7, 11) is 3.29. The van der Waals surface area contributed by atoms with Crippen LogP contribution < -0.4 is 14.8 Å². The van der Waals surface area contributed by atoms with Crippen LogP contribution in [-0.2, 0) is 6.54 Å². The first kappa shape index (κ1) is 16.6. The zero-order valence-electron chi connectivity index (χ0n) is 15.1. The van der Waals surface area contributed by atoms with Gasteiger partial charge in [0.25, 0.3) is 0 Å². The third kappa shape index (κ3) is 3.29. The van der Waals surface area contributed by atoms with Crippen molar-refractivity contribution >= 4 is 17.1 Å². The number of ether oxygens (including phenoxy) is 2. The highest BCUT2D eigenvalue weighted by atomic mass is 16.5. The second-order valence-electron chi connectivity index (χ2n) is 6.57. The van der Waals surface area contributed by atoms with Crippen LogP contribution in [0.5, 0.6) is 11.5 Å². The van der Waals surface area contributed by atoms with E-state index in [-0.39, 0.29) is 0 Å². The third-order valence-corrected chi connectivity index (χ3v) is 4.90. The molecule has 7 heteroatoms. The van der Waals surface area contributed by atoms with Crippen LogP contribution in [0.4, 0.5) is 5.95 Å². The van der Waals surface area contributed by atoms with Gasteiger partial charge in [0, 0.05) is 18.7 Å². The molecule has 1 aromatic carbocycles. The Morgan fingerprint density at radius 3 is 2.50 bits per heavy atom.